The molecule has 0 bridgehead atoms. The molecule has 6 heteroatoms. The molecule has 2 amide bonds. The number of amides is 2. The van der Waals surface area contributed by atoms with Gasteiger partial charge in [-0.1, -0.05) is 64.5 Å². The van der Waals surface area contributed by atoms with Crippen LogP contribution in [0.15, 0.2) is 88.3 Å². The third-order valence-corrected chi connectivity index (χ3v) is 5.29. The molecule has 3 aromatic rings. The second-order valence-corrected chi connectivity index (χ2v) is 7.56. The van der Waals surface area contributed by atoms with Crippen LogP contribution in [0.3, 0.4) is 0 Å². The van der Waals surface area contributed by atoms with Gasteiger partial charge < -0.3 is 10.2 Å². The first-order valence-electron chi connectivity index (χ1n) is 9.11. The fourth-order valence-electron chi connectivity index (χ4n) is 3.25. The summed E-state index contributed by atoms with van der Waals surface area (Å²) >= 11 is 3.36. The van der Waals surface area contributed by atoms with E-state index in [9.17, 15) is 9.59 Å². The van der Waals surface area contributed by atoms with E-state index in [2.05, 4.69) is 26.2 Å². The monoisotopic (exact) mass is 447 g/mol. The zero-order valence-corrected chi connectivity index (χ0v) is 17.3. The lowest BCUT2D eigenvalue weighted by atomic mass is 10.0. The third-order valence-electron chi connectivity index (χ3n) is 4.76. The number of nitrogens with one attached hydrogen (secondary N) is 1. The average Bonchev–Trinajstić information content (AvgIpc) is 2.85. The van der Waals surface area contributed by atoms with Crippen LogP contribution in [-0.2, 0) is 4.79 Å². The number of halogens is 1. The van der Waals surface area contributed by atoms with Gasteiger partial charge in [0.2, 0.25) is 6.17 Å². The van der Waals surface area contributed by atoms with Gasteiger partial charge in [-0.15, -0.1) is 0 Å². The number of benzene rings is 3. The van der Waals surface area contributed by atoms with Gasteiger partial charge in [0.25, 0.3) is 11.8 Å². The van der Waals surface area contributed by atoms with E-state index in [1.54, 1.807) is 36.2 Å². The summed E-state index contributed by atoms with van der Waals surface area (Å²) in [6.45, 7) is 0. The van der Waals surface area contributed by atoms with E-state index in [0.29, 0.717) is 11.3 Å². The van der Waals surface area contributed by atoms with Crippen LogP contribution in [0.2, 0.25) is 0 Å². The summed E-state index contributed by atoms with van der Waals surface area (Å²) in [5.41, 5.74) is 3.60. The molecular formula is C23H18BrN3O2. The van der Waals surface area contributed by atoms with Crippen molar-refractivity contribution in [2.75, 3.05) is 11.9 Å². The molecule has 0 saturated heterocycles. The molecule has 1 atom stereocenters. The molecule has 1 heterocycles. The molecule has 0 spiro atoms. The number of fused-ring (bicyclic) bond motifs is 1. The van der Waals surface area contributed by atoms with Crippen molar-refractivity contribution in [2.24, 2.45) is 4.99 Å². The number of nitrogens with zero attached hydrogens (tertiary/aromatic N) is 2. The van der Waals surface area contributed by atoms with Crippen molar-refractivity contribution in [3.8, 4) is 0 Å². The second kappa shape index (κ2) is 8.01. The highest BCUT2D eigenvalue weighted by Crippen LogP contribution is 2.27. The van der Waals surface area contributed by atoms with Crippen molar-refractivity contribution in [3.05, 3.63) is 100 Å². The quantitative estimate of drug-likeness (QED) is 0.658. The average molecular weight is 448 g/mol. The highest BCUT2D eigenvalue weighted by Gasteiger charge is 2.31. The predicted octanol–water partition coefficient (Wildman–Crippen LogP) is 4.02. The summed E-state index contributed by atoms with van der Waals surface area (Å²) in [5.74, 6) is -0.653. The van der Waals surface area contributed by atoms with Gasteiger partial charge in [0, 0.05) is 28.2 Å². The standard InChI is InChI=1S/C23H18BrN3O2/c1-27-19-10-6-5-9-18(19)20(15-7-3-2-4-8-15)25-21(23(27)29)26-22(28)16-11-13-17(24)14-12-16/h2-14,21H,1H3,(H,26,28)/t21-/m0/s1. The molecule has 3 aromatic carbocycles. The lowest BCUT2D eigenvalue weighted by molar-refractivity contribution is -0.119. The molecule has 0 aliphatic carbocycles. The normalized spacial score (nSPS) is 15.9. The van der Waals surface area contributed by atoms with Crippen molar-refractivity contribution < 1.29 is 9.59 Å². The van der Waals surface area contributed by atoms with E-state index in [-0.39, 0.29) is 11.8 Å². The van der Waals surface area contributed by atoms with E-state index >= 15 is 0 Å². The molecule has 144 valence electrons. The fraction of sp³-hybridized carbons (Fsp3) is 0.0870. The summed E-state index contributed by atoms with van der Waals surface area (Å²) in [4.78, 5) is 32.1. The number of hydrogen-bond donors (Lipinski definition) is 1. The number of rotatable bonds is 3. The van der Waals surface area contributed by atoms with E-state index in [0.717, 1.165) is 21.3 Å². The van der Waals surface area contributed by atoms with Crippen LogP contribution in [-0.4, -0.2) is 30.7 Å². The van der Waals surface area contributed by atoms with E-state index in [1.165, 1.54) is 0 Å². The fourth-order valence-corrected chi connectivity index (χ4v) is 3.52. The Hall–Kier alpha value is -3.25. The summed E-state index contributed by atoms with van der Waals surface area (Å²) < 4.78 is 0.874. The summed E-state index contributed by atoms with van der Waals surface area (Å²) in [6, 6.07) is 24.2. The highest BCUT2D eigenvalue weighted by molar-refractivity contribution is 9.10. The van der Waals surface area contributed by atoms with Crippen LogP contribution < -0.4 is 10.2 Å². The van der Waals surface area contributed by atoms with E-state index in [1.807, 2.05) is 54.6 Å². The van der Waals surface area contributed by atoms with Gasteiger partial charge in [0.1, 0.15) is 0 Å². The number of aliphatic imine (C=N–C) groups is 1. The number of anilines is 1. The largest absolute Gasteiger partial charge is 0.322 e. The maximum atomic E-state index is 13.1. The second-order valence-electron chi connectivity index (χ2n) is 6.64. The van der Waals surface area contributed by atoms with Gasteiger partial charge in [-0.25, -0.2) is 4.99 Å². The van der Waals surface area contributed by atoms with Gasteiger partial charge in [0.15, 0.2) is 0 Å². The summed E-state index contributed by atoms with van der Waals surface area (Å²) in [6.07, 6.45) is -1.03. The maximum Gasteiger partial charge on any atom is 0.272 e. The topological polar surface area (TPSA) is 61.8 Å². The van der Waals surface area contributed by atoms with Gasteiger partial charge in [-0.2, -0.15) is 0 Å². The van der Waals surface area contributed by atoms with E-state index in [4.69, 9.17) is 0 Å². The van der Waals surface area contributed by atoms with Crippen LogP contribution in [0.1, 0.15) is 21.5 Å². The van der Waals surface area contributed by atoms with Crippen LogP contribution in [0.5, 0.6) is 0 Å². The van der Waals surface area contributed by atoms with Gasteiger partial charge >= 0.3 is 0 Å². The molecule has 5 nitrogen and oxygen atoms in total. The molecule has 1 N–H and O–H groups in total. The Morgan fingerprint density at radius 1 is 0.966 bits per heavy atom. The third kappa shape index (κ3) is 3.84. The first kappa shape index (κ1) is 19.1. The van der Waals surface area contributed by atoms with Crippen molar-refractivity contribution in [1.82, 2.24) is 5.32 Å². The number of benzodiazepines with no additional fused rings is 1. The van der Waals surface area contributed by atoms with Crippen LogP contribution in [0.4, 0.5) is 5.69 Å². The Labute approximate surface area is 177 Å². The summed E-state index contributed by atoms with van der Waals surface area (Å²) in [5, 5.41) is 2.78. The number of hydrogen-bond acceptors (Lipinski definition) is 3. The number of likely N-dealkylation sites (N-methyl/N-ethyl adjacent to an activating group) is 1. The minimum atomic E-state index is -1.03. The number of para-hydroxylation sites is 1. The van der Waals surface area contributed by atoms with Gasteiger partial charge in [0.05, 0.1) is 11.4 Å². The first-order chi connectivity index (χ1) is 14.0. The van der Waals surface area contributed by atoms with Gasteiger partial charge in [-0.05, 0) is 30.3 Å². The molecule has 29 heavy (non-hydrogen) atoms. The molecule has 1 aliphatic heterocycles. The zero-order valence-electron chi connectivity index (χ0n) is 15.7. The number of carbonyl (C=O) groups excluding carboxylic acids is 2. The van der Waals surface area contributed by atoms with Crippen molar-refractivity contribution in [1.29, 1.82) is 0 Å². The number of carbonyl (C=O) groups is 2. The zero-order chi connectivity index (χ0) is 20.4. The Morgan fingerprint density at radius 3 is 2.34 bits per heavy atom. The molecule has 1 aliphatic rings. The Bertz CT molecular complexity index is 1090. The van der Waals surface area contributed by atoms with Crippen molar-refractivity contribution in [2.45, 2.75) is 6.17 Å². The molecule has 0 unspecified atom stereocenters. The molecule has 0 fully saturated rings. The van der Waals surface area contributed by atoms with Crippen LogP contribution in [0.25, 0.3) is 0 Å². The minimum Gasteiger partial charge on any atom is -0.322 e. The Balaban J connectivity index is 1.77. The highest BCUT2D eigenvalue weighted by atomic mass is 79.9. The first-order valence-corrected chi connectivity index (χ1v) is 9.90. The SMILES string of the molecule is CN1C(=O)[C@H](NC(=O)c2ccc(Br)cc2)N=C(c2ccccc2)c2ccccc21. The molecule has 0 radical (unpaired) electrons. The molecule has 4 rings (SSSR count). The van der Waals surface area contributed by atoms with Crippen LogP contribution in [0, 0.1) is 0 Å². The molecule has 0 saturated carbocycles. The van der Waals surface area contributed by atoms with Crippen molar-refractivity contribution in [3.63, 3.8) is 0 Å². The Kier molecular flexibility index (Phi) is 5.27. The van der Waals surface area contributed by atoms with Gasteiger partial charge in [-0.3, -0.25) is 9.59 Å². The van der Waals surface area contributed by atoms with Crippen LogP contribution >= 0.6 is 15.9 Å². The Morgan fingerprint density at radius 2 is 1.62 bits per heavy atom. The van der Waals surface area contributed by atoms with E-state index < -0.39 is 6.17 Å². The lowest BCUT2D eigenvalue weighted by Crippen LogP contribution is -2.46. The maximum absolute atomic E-state index is 13.1. The summed E-state index contributed by atoms with van der Waals surface area (Å²) in [7, 11) is 1.70. The minimum absolute atomic E-state index is 0.297. The van der Waals surface area contributed by atoms with Crippen molar-refractivity contribution >= 4 is 39.1 Å². The predicted molar refractivity (Wildman–Crippen MR) is 117 cm³/mol. The molecule has 0 aromatic heterocycles. The lowest BCUT2D eigenvalue weighted by Gasteiger charge is -2.20. The smallest absolute Gasteiger partial charge is 0.272 e. The molecular weight excluding hydrogens is 430 g/mol.